The lowest BCUT2D eigenvalue weighted by Gasteiger charge is -2.11. The SMILES string of the molecule is COc1ccc(Cl)cc1CNC(=O)C(F)(F)F. The normalized spacial score (nSPS) is 11.1. The smallest absolute Gasteiger partial charge is 0.471 e. The zero-order valence-corrected chi connectivity index (χ0v) is 9.52. The molecule has 0 saturated heterocycles. The average Bonchev–Trinajstić information content (AvgIpc) is 2.24. The van der Waals surface area contributed by atoms with E-state index in [9.17, 15) is 18.0 Å². The molecule has 17 heavy (non-hydrogen) atoms. The topological polar surface area (TPSA) is 38.3 Å². The van der Waals surface area contributed by atoms with Gasteiger partial charge in [0, 0.05) is 17.1 Å². The van der Waals surface area contributed by atoms with Crippen LogP contribution in [0.15, 0.2) is 18.2 Å². The second kappa shape index (κ2) is 5.27. The van der Waals surface area contributed by atoms with E-state index >= 15 is 0 Å². The summed E-state index contributed by atoms with van der Waals surface area (Å²) in [5.74, 6) is -1.64. The van der Waals surface area contributed by atoms with Crippen molar-refractivity contribution < 1.29 is 22.7 Å². The molecule has 0 fully saturated rings. The van der Waals surface area contributed by atoms with Crippen molar-refractivity contribution in [1.29, 1.82) is 0 Å². The van der Waals surface area contributed by atoms with Crippen LogP contribution in [0.3, 0.4) is 0 Å². The van der Waals surface area contributed by atoms with Crippen molar-refractivity contribution in [2.45, 2.75) is 12.7 Å². The number of nitrogens with one attached hydrogen (secondary N) is 1. The summed E-state index contributed by atoms with van der Waals surface area (Å²) in [5.41, 5.74) is 0.373. The van der Waals surface area contributed by atoms with E-state index in [2.05, 4.69) is 0 Å². The first-order valence-corrected chi connectivity index (χ1v) is 4.90. The van der Waals surface area contributed by atoms with Gasteiger partial charge in [0.25, 0.3) is 0 Å². The van der Waals surface area contributed by atoms with E-state index in [4.69, 9.17) is 16.3 Å². The quantitative estimate of drug-likeness (QED) is 0.914. The molecule has 1 amide bonds. The van der Waals surface area contributed by atoms with E-state index in [-0.39, 0.29) is 6.54 Å². The Balaban J connectivity index is 2.75. The van der Waals surface area contributed by atoms with Crippen LogP contribution < -0.4 is 10.1 Å². The molecule has 0 unspecified atom stereocenters. The van der Waals surface area contributed by atoms with Gasteiger partial charge in [0.15, 0.2) is 0 Å². The highest BCUT2D eigenvalue weighted by Crippen LogP contribution is 2.23. The summed E-state index contributed by atoms with van der Waals surface area (Å²) >= 11 is 5.69. The molecule has 1 aromatic carbocycles. The van der Waals surface area contributed by atoms with E-state index in [1.165, 1.54) is 25.3 Å². The monoisotopic (exact) mass is 267 g/mol. The van der Waals surface area contributed by atoms with Gasteiger partial charge in [0.05, 0.1) is 7.11 Å². The summed E-state index contributed by atoms with van der Waals surface area (Å²) in [6, 6.07) is 4.48. The number of halogens is 4. The maximum atomic E-state index is 11.9. The number of ether oxygens (including phenoxy) is 1. The number of amides is 1. The minimum atomic E-state index is -4.90. The number of benzene rings is 1. The highest BCUT2D eigenvalue weighted by atomic mass is 35.5. The Morgan fingerprint density at radius 3 is 2.65 bits per heavy atom. The van der Waals surface area contributed by atoms with E-state index in [0.29, 0.717) is 16.3 Å². The van der Waals surface area contributed by atoms with Gasteiger partial charge in [0.2, 0.25) is 0 Å². The Kier molecular flexibility index (Phi) is 4.22. The molecule has 3 nitrogen and oxygen atoms in total. The Labute approximate surface area is 101 Å². The number of hydrogen-bond acceptors (Lipinski definition) is 2. The molecule has 0 aliphatic carbocycles. The van der Waals surface area contributed by atoms with Crippen LogP contribution in [0.1, 0.15) is 5.56 Å². The number of hydrogen-bond donors (Lipinski definition) is 1. The lowest BCUT2D eigenvalue weighted by atomic mass is 10.2. The molecule has 0 aliphatic heterocycles. The van der Waals surface area contributed by atoms with Crippen molar-refractivity contribution in [3.05, 3.63) is 28.8 Å². The number of methoxy groups -OCH3 is 1. The van der Waals surface area contributed by atoms with Gasteiger partial charge in [-0.1, -0.05) is 11.6 Å². The van der Waals surface area contributed by atoms with E-state index < -0.39 is 12.1 Å². The van der Waals surface area contributed by atoms with Crippen molar-refractivity contribution in [2.24, 2.45) is 0 Å². The molecular weight excluding hydrogens is 259 g/mol. The van der Waals surface area contributed by atoms with Gasteiger partial charge in [-0.2, -0.15) is 13.2 Å². The van der Waals surface area contributed by atoms with Crippen LogP contribution in [0.25, 0.3) is 0 Å². The minimum Gasteiger partial charge on any atom is -0.496 e. The van der Waals surface area contributed by atoms with Crippen molar-refractivity contribution in [1.82, 2.24) is 5.32 Å². The first kappa shape index (κ1) is 13.6. The number of alkyl halides is 3. The maximum Gasteiger partial charge on any atom is 0.471 e. The van der Waals surface area contributed by atoms with Gasteiger partial charge in [-0.05, 0) is 18.2 Å². The molecule has 0 spiro atoms. The molecule has 1 rings (SSSR count). The molecule has 94 valence electrons. The second-order valence-electron chi connectivity index (χ2n) is 3.14. The fraction of sp³-hybridized carbons (Fsp3) is 0.300. The molecule has 0 aromatic heterocycles. The highest BCUT2D eigenvalue weighted by Gasteiger charge is 2.38. The van der Waals surface area contributed by atoms with Crippen molar-refractivity contribution >= 4 is 17.5 Å². The molecule has 0 bridgehead atoms. The van der Waals surface area contributed by atoms with E-state index in [1.807, 2.05) is 0 Å². The third-order valence-corrected chi connectivity index (χ3v) is 2.17. The van der Waals surface area contributed by atoms with Crippen molar-refractivity contribution in [2.75, 3.05) is 7.11 Å². The molecule has 7 heteroatoms. The minimum absolute atomic E-state index is 0.303. The molecule has 0 radical (unpaired) electrons. The predicted octanol–water partition coefficient (Wildman–Crippen LogP) is 2.53. The summed E-state index contributed by atoms with van der Waals surface area (Å²) in [6.45, 7) is -0.303. The lowest BCUT2D eigenvalue weighted by molar-refractivity contribution is -0.173. The van der Waals surface area contributed by atoms with Crippen molar-refractivity contribution in [3.8, 4) is 5.75 Å². The summed E-state index contributed by atoms with van der Waals surface area (Å²) in [4.78, 5) is 10.6. The summed E-state index contributed by atoms with van der Waals surface area (Å²) in [5, 5.41) is 2.09. The van der Waals surface area contributed by atoms with Crippen LogP contribution in [-0.2, 0) is 11.3 Å². The summed E-state index contributed by atoms with van der Waals surface area (Å²) < 4.78 is 40.8. The van der Waals surface area contributed by atoms with Crippen LogP contribution in [0.2, 0.25) is 5.02 Å². The molecular formula is C10H9ClF3NO2. The van der Waals surface area contributed by atoms with E-state index in [0.717, 1.165) is 0 Å². The van der Waals surface area contributed by atoms with Crippen LogP contribution in [0, 0.1) is 0 Å². The fourth-order valence-electron chi connectivity index (χ4n) is 1.16. The Hall–Kier alpha value is -1.43. The Morgan fingerprint density at radius 1 is 1.47 bits per heavy atom. The number of carbonyl (C=O) groups excluding carboxylic acids is 1. The molecule has 0 saturated carbocycles. The summed E-state index contributed by atoms with van der Waals surface area (Å²) in [6.07, 6.45) is -4.90. The third kappa shape index (κ3) is 3.81. The maximum absolute atomic E-state index is 11.9. The van der Waals surface area contributed by atoms with Gasteiger partial charge < -0.3 is 10.1 Å². The first-order valence-electron chi connectivity index (χ1n) is 4.52. The standard InChI is InChI=1S/C10H9ClF3NO2/c1-17-8-3-2-7(11)4-6(8)5-15-9(16)10(12,13)14/h2-4H,5H2,1H3,(H,15,16). The zero-order valence-electron chi connectivity index (χ0n) is 8.77. The zero-order chi connectivity index (χ0) is 13.1. The van der Waals surface area contributed by atoms with Crippen LogP contribution >= 0.6 is 11.6 Å². The fourth-order valence-corrected chi connectivity index (χ4v) is 1.36. The van der Waals surface area contributed by atoms with Gasteiger partial charge in [-0.25, -0.2) is 0 Å². The molecule has 1 aromatic rings. The van der Waals surface area contributed by atoms with Crippen molar-refractivity contribution in [3.63, 3.8) is 0 Å². The second-order valence-corrected chi connectivity index (χ2v) is 3.57. The van der Waals surface area contributed by atoms with Gasteiger partial charge in [0.1, 0.15) is 5.75 Å². The molecule has 0 aliphatic rings. The third-order valence-electron chi connectivity index (χ3n) is 1.94. The average molecular weight is 268 g/mol. The van der Waals surface area contributed by atoms with Gasteiger partial charge in [-0.15, -0.1) is 0 Å². The Bertz CT molecular complexity index is 421. The summed E-state index contributed by atoms with van der Waals surface area (Å²) in [7, 11) is 1.37. The Morgan fingerprint density at radius 2 is 2.12 bits per heavy atom. The molecule has 1 N–H and O–H groups in total. The number of rotatable bonds is 3. The van der Waals surface area contributed by atoms with Gasteiger partial charge in [-0.3, -0.25) is 4.79 Å². The molecule has 0 atom stereocenters. The largest absolute Gasteiger partial charge is 0.496 e. The van der Waals surface area contributed by atoms with Crippen LogP contribution in [-0.4, -0.2) is 19.2 Å². The van der Waals surface area contributed by atoms with Gasteiger partial charge >= 0.3 is 12.1 Å². The van der Waals surface area contributed by atoms with Crippen LogP contribution in [0.4, 0.5) is 13.2 Å². The first-order chi connectivity index (χ1) is 7.84. The highest BCUT2D eigenvalue weighted by molar-refractivity contribution is 6.30. The lowest BCUT2D eigenvalue weighted by Crippen LogP contribution is -2.36. The molecule has 0 heterocycles. The number of carbonyl (C=O) groups is 1. The predicted molar refractivity (Wildman–Crippen MR) is 55.9 cm³/mol. The van der Waals surface area contributed by atoms with E-state index in [1.54, 1.807) is 5.32 Å². The van der Waals surface area contributed by atoms with Crippen LogP contribution in [0.5, 0.6) is 5.75 Å².